The maximum Gasteiger partial charge on any atom is 0.271 e. The molecule has 0 aromatic carbocycles. The number of rotatable bonds is 2. The predicted molar refractivity (Wildman–Crippen MR) is 52.6 cm³/mol. The van der Waals surface area contributed by atoms with Crippen molar-refractivity contribution < 1.29 is 0 Å². The fraction of sp³-hybridized carbons (Fsp3) is 0.444. The van der Waals surface area contributed by atoms with E-state index in [9.17, 15) is 4.79 Å². The van der Waals surface area contributed by atoms with E-state index in [2.05, 4.69) is 10.3 Å². The second-order valence-corrected chi connectivity index (χ2v) is 1.94. The van der Waals surface area contributed by atoms with E-state index in [1.54, 1.807) is 18.3 Å². The third-order valence-corrected chi connectivity index (χ3v) is 1.19. The van der Waals surface area contributed by atoms with Crippen molar-refractivity contribution in [1.29, 1.82) is 0 Å². The Morgan fingerprint density at radius 3 is 2.67 bits per heavy atom. The molecule has 0 fully saturated rings. The van der Waals surface area contributed by atoms with Gasteiger partial charge in [0.1, 0.15) is 5.69 Å². The molecule has 12 heavy (non-hydrogen) atoms. The monoisotopic (exact) mass is 168 g/mol. The quantitative estimate of drug-likeness (QED) is 0.707. The van der Waals surface area contributed by atoms with Gasteiger partial charge in [0.15, 0.2) is 0 Å². The molecule has 0 unspecified atom stereocenters. The summed E-state index contributed by atoms with van der Waals surface area (Å²) in [5.74, 6) is 0. The molecule has 0 amide bonds. The highest BCUT2D eigenvalue weighted by Gasteiger charge is 1.91. The minimum absolute atomic E-state index is 0.0654. The average molecular weight is 168 g/mol. The van der Waals surface area contributed by atoms with Gasteiger partial charge in [-0.2, -0.15) is 0 Å². The largest absolute Gasteiger partial charge is 0.381 e. The van der Waals surface area contributed by atoms with Crippen LogP contribution in [0.2, 0.25) is 0 Å². The Kier molecular flexibility index (Phi) is 5.79. The zero-order valence-corrected chi connectivity index (χ0v) is 7.85. The number of pyridine rings is 1. The SMILES string of the molecule is CC.CCNc1ccc[nH]c1=O. The Morgan fingerprint density at radius 2 is 2.17 bits per heavy atom. The molecule has 1 aromatic rings. The number of H-pyrrole nitrogens is 1. The van der Waals surface area contributed by atoms with E-state index in [-0.39, 0.29) is 5.56 Å². The van der Waals surface area contributed by atoms with Gasteiger partial charge in [0.25, 0.3) is 5.56 Å². The number of anilines is 1. The van der Waals surface area contributed by atoms with E-state index >= 15 is 0 Å². The molecule has 0 saturated heterocycles. The van der Waals surface area contributed by atoms with E-state index in [1.807, 2.05) is 20.8 Å². The molecule has 0 radical (unpaired) electrons. The van der Waals surface area contributed by atoms with Crippen molar-refractivity contribution in [2.24, 2.45) is 0 Å². The number of hydrogen-bond donors (Lipinski definition) is 2. The van der Waals surface area contributed by atoms with E-state index in [0.717, 1.165) is 6.54 Å². The summed E-state index contributed by atoms with van der Waals surface area (Å²) < 4.78 is 0. The molecular weight excluding hydrogens is 152 g/mol. The first-order chi connectivity index (χ1) is 5.84. The Bertz CT molecular complexity index is 255. The molecular formula is C9H16N2O. The van der Waals surface area contributed by atoms with E-state index in [1.165, 1.54) is 0 Å². The normalized spacial score (nSPS) is 8.25. The van der Waals surface area contributed by atoms with Crippen LogP contribution in [0.25, 0.3) is 0 Å². The van der Waals surface area contributed by atoms with Gasteiger partial charge in [0.2, 0.25) is 0 Å². The summed E-state index contributed by atoms with van der Waals surface area (Å²) in [7, 11) is 0. The molecule has 3 nitrogen and oxygen atoms in total. The summed E-state index contributed by atoms with van der Waals surface area (Å²) in [5, 5.41) is 2.93. The Hall–Kier alpha value is -1.25. The molecule has 0 bridgehead atoms. The fourth-order valence-corrected chi connectivity index (χ4v) is 0.751. The van der Waals surface area contributed by atoms with Gasteiger partial charge in [-0.3, -0.25) is 4.79 Å². The van der Waals surface area contributed by atoms with Crippen LogP contribution in [0.4, 0.5) is 5.69 Å². The van der Waals surface area contributed by atoms with Gasteiger partial charge in [-0.05, 0) is 19.1 Å². The minimum Gasteiger partial charge on any atom is -0.381 e. The number of hydrogen-bond acceptors (Lipinski definition) is 2. The molecule has 0 spiro atoms. The van der Waals surface area contributed by atoms with Crippen molar-refractivity contribution in [3.63, 3.8) is 0 Å². The lowest BCUT2D eigenvalue weighted by Gasteiger charge is -1.98. The molecule has 0 aliphatic heterocycles. The van der Waals surface area contributed by atoms with Gasteiger partial charge < -0.3 is 10.3 Å². The molecule has 0 aliphatic carbocycles. The van der Waals surface area contributed by atoms with E-state index < -0.39 is 0 Å². The summed E-state index contributed by atoms with van der Waals surface area (Å²) in [6, 6.07) is 3.54. The second-order valence-electron chi connectivity index (χ2n) is 1.94. The molecule has 1 heterocycles. The Balaban J connectivity index is 0.000000561. The van der Waals surface area contributed by atoms with Crippen LogP contribution in [-0.4, -0.2) is 11.5 Å². The maximum atomic E-state index is 10.9. The third kappa shape index (κ3) is 3.23. The lowest BCUT2D eigenvalue weighted by molar-refractivity contribution is 1.16. The first-order valence-electron chi connectivity index (χ1n) is 4.26. The van der Waals surface area contributed by atoms with Gasteiger partial charge in [-0.1, -0.05) is 13.8 Å². The van der Waals surface area contributed by atoms with Gasteiger partial charge in [0.05, 0.1) is 0 Å². The third-order valence-electron chi connectivity index (χ3n) is 1.19. The van der Waals surface area contributed by atoms with Crippen molar-refractivity contribution in [2.45, 2.75) is 20.8 Å². The molecule has 2 N–H and O–H groups in total. The number of nitrogens with one attached hydrogen (secondary N) is 2. The first kappa shape index (κ1) is 10.8. The molecule has 0 aliphatic rings. The zero-order chi connectivity index (χ0) is 9.40. The van der Waals surface area contributed by atoms with Crippen molar-refractivity contribution >= 4 is 5.69 Å². The van der Waals surface area contributed by atoms with Crippen molar-refractivity contribution in [3.8, 4) is 0 Å². The van der Waals surface area contributed by atoms with E-state index in [4.69, 9.17) is 0 Å². The molecule has 1 aromatic heterocycles. The van der Waals surface area contributed by atoms with Crippen LogP contribution in [-0.2, 0) is 0 Å². The highest BCUT2D eigenvalue weighted by atomic mass is 16.1. The highest BCUT2D eigenvalue weighted by molar-refractivity contribution is 5.39. The summed E-state index contributed by atoms with van der Waals surface area (Å²) in [4.78, 5) is 13.5. The number of aromatic amines is 1. The first-order valence-corrected chi connectivity index (χ1v) is 4.26. The summed E-state index contributed by atoms with van der Waals surface area (Å²) >= 11 is 0. The standard InChI is InChI=1S/C7H10N2O.C2H6/c1-2-8-6-4-3-5-9-7(6)10;1-2/h3-5,8H,2H2,1H3,(H,9,10);1-2H3. The van der Waals surface area contributed by atoms with Crippen LogP contribution in [0.1, 0.15) is 20.8 Å². The predicted octanol–water partition coefficient (Wildman–Crippen LogP) is 1.83. The summed E-state index contributed by atoms with van der Waals surface area (Å²) in [5.41, 5.74) is 0.564. The van der Waals surface area contributed by atoms with Gasteiger partial charge in [0, 0.05) is 12.7 Å². The molecule has 3 heteroatoms. The van der Waals surface area contributed by atoms with Crippen LogP contribution < -0.4 is 10.9 Å². The van der Waals surface area contributed by atoms with E-state index in [0.29, 0.717) is 5.69 Å². The highest BCUT2D eigenvalue weighted by Crippen LogP contribution is 1.93. The zero-order valence-electron chi connectivity index (χ0n) is 7.85. The van der Waals surface area contributed by atoms with Gasteiger partial charge >= 0.3 is 0 Å². The second kappa shape index (κ2) is 6.46. The van der Waals surface area contributed by atoms with Crippen LogP contribution in [0, 0.1) is 0 Å². The van der Waals surface area contributed by atoms with Crippen molar-refractivity contribution in [1.82, 2.24) is 4.98 Å². The Morgan fingerprint density at radius 1 is 1.50 bits per heavy atom. The average Bonchev–Trinajstić information content (AvgIpc) is 2.13. The summed E-state index contributed by atoms with van der Waals surface area (Å²) in [6.45, 7) is 6.72. The van der Waals surface area contributed by atoms with Gasteiger partial charge in [-0.15, -0.1) is 0 Å². The summed E-state index contributed by atoms with van der Waals surface area (Å²) in [6.07, 6.45) is 1.61. The smallest absolute Gasteiger partial charge is 0.271 e. The lowest BCUT2D eigenvalue weighted by atomic mass is 10.4. The number of aromatic nitrogens is 1. The molecule has 0 saturated carbocycles. The van der Waals surface area contributed by atoms with Crippen molar-refractivity contribution in [3.05, 3.63) is 28.7 Å². The Labute approximate surface area is 72.8 Å². The lowest BCUT2D eigenvalue weighted by Crippen LogP contribution is -2.12. The molecule has 1 rings (SSSR count). The minimum atomic E-state index is -0.0654. The van der Waals surface area contributed by atoms with Crippen LogP contribution in [0.15, 0.2) is 23.1 Å². The molecule has 68 valence electrons. The maximum absolute atomic E-state index is 10.9. The van der Waals surface area contributed by atoms with Gasteiger partial charge in [-0.25, -0.2) is 0 Å². The van der Waals surface area contributed by atoms with Crippen LogP contribution in [0.5, 0.6) is 0 Å². The van der Waals surface area contributed by atoms with Crippen molar-refractivity contribution in [2.75, 3.05) is 11.9 Å². The van der Waals surface area contributed by atoms with Crippen LogP contribution in [0.3, 0.4) is 0 Å². The topological polar surface area (TPSA) is 44.9 Å². The van der Waals surface area contributed by atoms with Crippen LogP contribution >= 0.6 is 0 Å². The fourth-order valence-electron chi connectivity index (χ4n) is 0.751. The molecule has 0 atom stereocenters.